The maximum absolute atomic E-state index is 12.8. The molecule has 2 aromatic rings. The van der Waals surface area contributed by atoms with Crippen LogP contribution in [0.15, 0.2) is 4.79 Å². The molecule has 9 nitrogen and oxygen atoms in total. The minimum absolute atomic E-state index is 0.0289. The highest BCUT2D eigenvalue weighted by atomic mass is 32.2. The molecule has 4 heterocycles. The minimum atomic E-state index is -3.12. The largest absolute Gasteiger partial charge is 0.451 e. The number of thiophene rings is 1. The van der Waals surface area contributed by atoms with E-state index in [1.165, 1.54) is 0 Å². The average molecular weight is 466 g/mol. The predicted molar refractivity (Wildman–Crippen MR) is 114 cm³/mol. The Balaban J connectivity index is 1.33. The lowest BCUT2D eigenvalue weighted by atomic mass is 10.2. The molecule has 2 aromatic heterocycles. The van der Waals surface area contributed by atoms with Gasteiger partial charge in [0.25, 0.3) is 11.5 Å². The Hall–Kier alpha value is -2.27. The van der Waals surface area contributed by atoms with Gasteiger partial charge in [0.05, 0.1) is 16.9 Å². The van der Waals surface area contributed by atoms with E-state index >= 15 is 0 Å². The van der Waals surface area contributed by atoms with E-state index in [1.54, 1.807) is 16.4 Å². The summed E-state index contributed by atoms with van der Waals surface area (Å²) in [6.45, 7) is 1.89. The third-order valence-corrected chi connectivity index (χ3v) is 9.17. The first-order valence-electron chi connectivity index (χ1n) is 10.5. The van der Waals surface area contributed by atoms with E-state index in [2.05, 4.69) is 4.98 Å². The van der Waals surface area contributed by atoms with Crippen molar-refractivity contribution in [2.75, 3.05) is 18.1 Å². The Morgan fingerprint density at radius 2 is 2.03 bits per heavy atom. The zero-order valence-corrected chi connectivity index (χ0v) is 18.8. The van der Waals surface area contributed by atoms with E-state index in [1.807, 2.05) is 0 Å². The molecule has 1 atom stereocenters. The zero-order valence-electron chi connectivity index (χ0n) is 17.1. The van der Waals surface area contributed by atoms with Crippen molar-refractivity contribution in [1.82, 2.24) is 14.5 Å². The fraction of sp³-hybridized carbons (Fsp3) is 0.600. The summed E-state index contributed by atoms with van der Waals surface area (Å²) in [6, 6.07) is -0.316. The molecular formula is C20H23N3O6S2. The molecule has 11 heteroatoms. The molecule has 1 amide bonds. The van der Waals surface area contributed by atoms with Crippen LogP contribution in [0.2, 0.25) is 0 Å². The van der Waals surface area contributed by atoms with Crippen molar-refractivity contribution in [3.05, 3.63) is 26.6 Å². The Morgan fingerprint density at radius 3 is 2.71 bits per heavy atom. The normalized spacial score (nSPS) is 21.9. The SMILES string of the molecule is Cc1c(C(=O)OCC(=O)N(C2CC2)C2CCS(=O)(=O)C2)sc2nc3n(c(=O)c12)CCC3. The summed E-state index contributed by atoms with van der Waals surface area (Å²) in [5, 5.41) is 0.435. The number of amides is 1. The van der Waals surface area contributed by atoms with Crippen LogP contribution in [0.3, 0.4) is 0 Å². The van der Waals surface area contributed by atoms with Crippen molar-refractivity contribution in [2.45, 2.75) is 57.7 Å². The van der Waals surface area contributed by atoms with E-state index in [4.69, 9.17) is 4.74 Å². The number of esters is 1. The molecule has 166 valence electrons. The molecule has 2 fully saturated rings. The van der Waals surface area contributed by atoms with Crippen molar-refractivity contribution in [3.63, 3.8) is 0 Å². The van der Waals surface area contributed by atoms with Gasteiger partial charge in [-0.05, 0) is 38.2 Å². The van der Waals surface area contributed by atoms with Crippen molar-refractivity contribution >= 4 is 43.3 Å². The molecule has 2 aliphatic heterocycles. The molecule has 0 N–H and O–H groups in total. The fourth-order valence-corrected chi connectivity index (χ4v) is 7.39. The summed E-state index contributed by atoms with van der Waals surface area (Å²) >= 11 is 1.11. The van der Waals surface area contributed by atoms with Crippen LogP contribution in [0, 0.1) is 6.92 Å². The summed E-state index contributed by atoms with van der Waals surface area (Å²) in [7, 11) is -3.12. The maximum atomic E-state index is 12.8. The second kappa shape index (κ2) is 7.40. The monoisotopic (exact) mass is 465 g/mol. The van der Waals surface area contributed by atoms with Crippen LogP contribution >= 0.6 is 11.3 Å². The van der Waals surface area contributed by atoms with Crippen LogP contribution in [-0.4, -0.2) is 64.9 Å². The highest BCUT2D eigenvalue weighted by Crippen LogP contribution is 2.33. The average Bonchev–Trinajstić information content (AvgIpc) is 3.15. The molecule has 1 unspecified atom stereocenters. The van der Waals surface area contributed by atoms with E-state index in [9.17, 15) is 22.8 Å². The fourth-order valence-electron chi connectivity index (χ4n) is 4.59. The number of sulfone groups is 1. The predicted octanol–water partition coefficient (Wildman–Crippen LogP) is 1.05. The minimum Gasteiger partial charge on any atom is -0.451 e. The molecular weight excluding hydrogens is 442 g/mol. The van der Waals surface area contributed by atoms with Crippen LogP contribution in [0.5, 0.6) is 0 Å². The number of ether oxygens (including phenoxy) is 1. The molecule has 0 spiro atoms. The Labute approximate surface area is 182 Å². The Bertz CT molecular complexity index is 1260. The summed E-state index contributed by atoms with van der Waals surface area (Å²) in [6.07, 6.45) is 3.73. The number of aryl methyl sites for hydroxylation is 2. The van der Waals surface area contributed by atoms with Gasteiger partial charge in [-0.1, -0.05) is 0 Å². The van der Waals surface area contributed by atoms with E-state index in [0.29, 0.717) is 28.7 Å². The van der Waals surface area contributed by atoms with Gasteiger partial charge in [-0.2, -0.15) is 0 Å². The summed E-state index contributed by atoms with van der Waals surface area (Å²) < 4.78 is 30.6. The molecule has 31 heavy (non-hydrogen) atoms. The van der Waals surface area contributed by atoms with Crippen molar-refractivity contribution in [1.29, 1.82) is 0 Å². The number of hydrogen-bond donors (Lipinski definition) is 0. The topological polar surface area (TPSA) is 116 Å². The van der Waals surface area contributed by atoms with Gasteiger partial charge < -0.3 is 9.64 Å². The van der Waals surface area contributed by atoms with E-state index < -0.39 is 22.4 Å². The molecule has 0 aromatic carbocycles. The number of fused-ring (bicyclic) bond motifs is 2. The number of rotatable bonds is 5. The van der Waals surface area contributed by atoms with Gasteiger partial charge in [0, 0.05) is 25.0 Å². The number of hydrogen-bond acceptors (Lipinski definition) is 8. The lowest BCUT2D eigenvalue weighted by Crippen LogP contribution is -2.44. The van der Waals surface area contributed by atoms with Crippen molar-refractivity contribution < 1.29 is 22.7 Å². The second-order valence-corrected chi connectivity index (χ2v) is 11.7. The molecule has 3 aliphatic rings. The molecule has 5 rings (SSSR count). The third kappa shape index (κ3) is 3.67. The molecule has 0 bridgehead atoms. The molecule has 1 saturated carbocycles. The first-order valence-corrected chi connectivity index (χ1v) is 13.1. The lowest BCUT2D eigenvalue weighted by molar-refractivity contribution is -0.137. The first kappa shape index (κ1) is 20.6. The van der Waals surface area contributed by atoms with Crippen LogP contribution in [0.25, 0.3) is 10.2 Å². The molecule has 1 aliphatic carbocycles. The zero-order chi connectivity index (χ0) is 21.9. The second-order valence-electron chi connectivity index (χ2n) is 8.49. The Morgan fingerprint density at radius 1 is 1.26 bits per heavy atom. The van der Waals surface area contributed by atoms with Gasteiger partial charge in [-0.3, -0.25) is 14.2 Å². The smallest absolute Gasteiger partial charge is 0.349 e. The number of carbonyl (C=O) groups is 2. The Kier molecular flexibility index (Phi) is 4.93. The molecule has 1 saturated heterocycles. The third-order valence-electron chi connectivity index (χ3n) is 6.25. The maximum Gasteiger partial charge on any atom is 0.349 e. The summed E-state index contributed by atoms with van der Waals surface area (Å²) in [4.78, 5) is 45.2. The lowest BCUT2D eigenvalue weighted by Gasteiger charge is -2.28. The number of carbonyl (C=O) groups excluding carboxylic acids is 2. The van der Waals surface area contributed by atoms with Gasteiger partial charge >= 0.3 is 5.97 Å². The summed E-state index contributed by atoms with van der Waals surface area (Å²) in [5.74, 6) is -0.233. The van der Waals surface area contributed by atoms with Crippen LogP contribution in [-0.2, 0) is 32.3 Å². The van der Waals surface area contributed by atoms with Crippen LogP contribution < -0.4 is 5.56 Å². The van der Waals surface area contributed by atoms with Crippen molar-refractivity contribution in [3.8, 4) is 0 Å². The number of aromatic nitrogens is 2. The van der Waals surface area contributed by atoms with Gasteiger partial charge in [0.2, 0.25) is 0 Å². The quantitative estimate of drug-likeness (QED) is 0.606. The van der Waals surface area contributed by atoms with Gasteiger partial charge in [0.1, 0.15) is 15.5 Å². The highest BCUT2D eigenvalue weighted by molar-refractivity contribution is 7.91. The summed E-state index contributed by atoms with van der Waals surface area (Å²) in [5.41, 5.74) is 0.391. The van der Waals surface area contributed by atoms with Gasteiger partial charge in [0.15, 0.2) is 16.4 Å². The van der Waals surface area contributed by atoms with Crippen LogP contribution in [0.1, 0.15) is 46.7 Å². The van der Waals surface area contributed by atoms with Crippen molar-refractivity contribution in [2.24, 2.45) is 0 Å². The molecule has 0 radical (unpaired) electrons. The van der Waals surface area contributed by atoms with Gasteiger partial charge in [-0.25, -0.2) is 18.2 Å². The first-order chi connectivity index (χ1) is 14.7. The van der Waals surface area contributed by atoms with E-state index in [-0.39, 0.29) is 39.9 Å². The number of nitrogens with zero attached hydrogens (tertiary/aromatic N) is 3. The van der Waals surface area contributed by atoms with Crippen LogP contribution in [0.4, 0.5) is 0 Å². The van der Waals surface area contributed by atoms with E-state index in [0.717, 1.165) is 42.8 Å². The van der Waals surface area contributed by atoms with Gasteiger partial charge in [-0.15, -0.1) is 11.3 Å². The highest BCUT2D eigenvalue weighted by Gasteiger charge is 2.42. The standard InChI is InChI=1S/C20H23N3O6S2/c1-11-16-18(21-14-3-2-7-22(14)19(16)25)30-17(11)20(26)29-9-15(24)23(12-4-5-12)13-6-8-31(27,28)10-13/h12-13H,2-10H2,1H3.